The summed E-state index contributed by atoms with van der Waals surface area (Å²) < 4.78 is 23.6. The van der Waals surface area contributed by atoms with E-state index in [0.717, 1.165) is 27.6 Å². The summed E-state index contributed by atoms with van der Waals surface area (Å²) in [6.07, 6.45) is 9.60. The van der Waals surface area contributed by atoms with Crippen molar-refractivity contribution in [3.05, 3.63) is 327 Å². The van der Waals surface area contributed by atoms with Gasteiger partial charge in [-0.15, -0.1) is 0 Å². The van der Waals surface area contributed by atoms with Crippen LogP contribution in [0, 0.1) is 104 Å². The zero-order chi connectivity index (χ0) is 86.5. The highest BCUT2D eigenvalue weighted by Gasteiger charge is 2.33. The number of nitrogens with zero attached hydrogens (tertiary/aromatic N) is 15. The highest BCUT2D eigenvalue weighted by molar-refractivity contribution is 6.17. The van der Waals surface area contributed by atoms with Gasteiger partial charge in [0.15, 0.2) is 55.2 Å². The number of rotatable bonds is 0. The molecular formula is C110H100N15+5. The minimum atomic E-state index is 1.08. The molecule has 0 aliphatic heterocycles. The smallest absolute Gasteiger partial charge is 0.255 e. The van der Waals surface area contributed by atoms with E-state index in [1.165, 1.54) is 248 Å². The summed E-state index contributed by atoms with van der Waals surface area (Å²) in [7, 11) is 10.8. The largest absolute Gasteiger partial charge is 0.297 e. The monoisotopic (exact) mass is 1630 g/mol. The standard InChI is InChI=1S/5C22H20N3/c1-13-8-9-17-18(12-13)25-21-15(3)6-5-7-16(21)20-19(22(25)24(17)4)14(2)10-11-23-20;1-13-11-15(3)21-16(12-13)20-19(14(2)9-10-23-20)22-24(4)17-7-5-6-8-18(17)25(21)22;1-13-9-10-23-21-16-7-5-6-8-17(16)25-19-12-15(3)14(2)11-18(19)24(4)22(25)20(13)21;1-13-9-10-16-20-19(14(2)11-12-23-20)22-24(4)17-7-5-6-8-18(17)25(22)21(16)15(13)3;1-13-9-10-18-21(15(13)3)25-17-8-6-5-7-16(17)20-19(22(25)24(18)4)14(2)11-12-23-20/h5*5-12H,1-4H3/q5*+1. The zero-order valence-electron chi connectivity index (χ0n) is 74.8. The van der Waals surface area contributed by atoms with Gasteiger partial charge >= 0.3 is 0 Å². The number of fused-ring (bicyclic) bond motifs is 40. The minimum absolute atomic E-state index is 1.08. The summed E-state index contributed by atoms with van der Waals surface area (Å²) in [5, 5.41) is 12.2. The van der Waals surface area contributed by atoms with Crippen molar-refractivity contribution in [2.24, 2.45) is 35.2 Å². The molecule has 15 nitrogen and oxygen atoms in total. The number of imidazole rings is 5. The summed E-state index contributed by atoms with van der Waals surface area (Å²) in [5.41, 5.74) is 49.4. The molecule has 15 aromatic heterocycles. The van der Waals surface area contributed by atoms with E-state index in [1.807, 2.05) is 31.0 Å². The van der Waals surface area contributed by atoms with E-state index >= 15 is 0 Å². The third-order valence-electron chi connectivity index (χ3n) is 27.3. The Kier molecular flexibility index (Phi) is 18.0. The molecule has 25 rings (SSSR count). The fourth-order valence-electron chi connectivity index (χ4n) is 20.8. The van der Waals surface area contributed by atoms with E-state index in [9.17, 15) is 0 Å². The Balaban J connectivity index is 0.0000000956. The van der Waals surface area contributed by atoms with E-state index in [4.69, 9.17) is 24.9 Å². The molecule has 0 atom stereocenters. The number of hydrogen-bond acceptors (Lipinski definition) is 5. The van der Waals surface area contributed by atoms with Crippen molar-refractivity contribution in [1.29, 1.82) is 0 Å². The van der Waals surface area contributed by atoms with E-state index in [-0.39, 0.29) is 0 Å². The van der Waals surface area contributed by atoms with Gasteiger partial charge in [-0.3, -0.25) is 24.9 Å². The second-order valence-corrected chi connectivity index (χ2v) is 35.0. The molecule has 0 aliphatic carbocycles. The van der Waals surface area contributed by atoms with Crippen LogP contribution in [0.4, 0.5) is 0 Å². The highest BCUT2D eigenvalue weighted by Crippen LogP contribution is 2.41. The number of aromatic nitrogens is 15. The summed E-state index contributed by atoms with van der Waals surface area (Å²) in [6, 6.07) is 76.1. The van der Waals surface area contributed by atoms with Crippen LogP contribution in [0.2, 0.25) is 0 Å². The fourth-order valence-corrected chi connectivity index (χ4v) is 20.8. The molecule has 0 saturated heterocycles. The van der Waals surface area contributed by atoms with Gasteiger partial charge in [-0.1, -0.05) is 84.9 Å². The first-order valence-electron chi connectivity index (χ1n) is 43.3. The first-order valence-corrected chi connectivity index (χ1v) is 43.3. The molecule has 0 saturated carbocycles. The Morgan fingerprint density at radius 1 is 0.200 bits per heavy atom. The van der Waals surface area contributed by atoms with Crippen LogP contribution in [0.5, 0.6) is 0 Å². The van der Waals surface area contributed by atoms with Crippen molar-refractivity contribution >= 4 is 192 Å². The number of pyridine rings is 10. The maximum Gasteiger partial charge on any atom is 0.297 e. The van der Waals surface area contributed by atoms with Crippen molar-refractivity contribution in [3.8, 4) is 0 Å². The Labute approximate surface area is 723 Å². The molecule has 0 radical (unpaired) electrons. The molecule has 15 heteroatoms. The van der Waals surface area contributed by atoms with Gasteiger partial charge in [-0.2, -0.15) is 22.0 Å². The number of aryl methyl sites for hydroxylation is 20. The van der Waals surface area contributed by atoms with Crippen molar-refractivity contribution in [1.82, 2.24) is 46.9 Å². The molecule has 0 amide bonds. The SMILES string of the molecule is Cc1cc(C)c2c(c1)c1nccc(C)c1c1n2c2ccccc2[n+]1C.Cc1cc2c(cc1C)[n+](C)c1c3c(C)ccnc3c3ccccc3n21.Cc1ccc2c(c1)n1c3c(C)cccc3c3nccc(C)c3c1[n+]2C.Cc1ccc2c(c1C)n1c3ccccc3c3nccc(C)c3c1[n+]2C.Cc1ccc2c3nccc(C)c3c3n(c4ccccc4[n+]3C)c2c1C. The van der Waals surface area contributed by atoms with Crippen molar-refractivity contribution in [3.63, 3.8) is 0 Å². The molecule has 0 bridgehead atoms. The van der Waals surface area contributed by atoms with E-state index < -0.39 is 0 Å². The van der Waals surface area contributed by atoms with E-state index in [0.29, 0.717) is 0 Å². The summed E-state index contributed by atoms with van der Waals surface area (Å²) in [4.78, 5) is 23.8. The van der Waals surface area contributed by atoms with Crippen molar-refractivity contribution in [2.75, 3.05) is 0 Å². The minimum Gasteiger partial charge on any atom is -0.255 e. The Morgan fingerprint density at radius 3 is 1.07 bits per heavy atom. The van der Waals surface area contributed by atoms with Gasteiger partial charge < -0.3 is 0 Å². The van der Waals surface area contributed by atoms with Crippen molar-refractivity contribution < 1.29 is 22.8 Å². The van der Waals surface area contributed by atoms with Gasteiger partial charge in [0.25, 0.3) is 28.2 Å². The lowest BCUT2D eigenvalue weighted by Gasteiger charge is -2.09. The van der Waals surface area contributed by atoms with Gasteiger partial charge in [0.1, 0.15) is 27.6 Å². The second-order valence-electron chi connectivity index (χ2n) is 35.0. The molecule has 10 aromatic carbocycles. The van der Waals surface area contributed by atoms with Crippen LogP contribution < -0.4 is 22.8 Å². The average Bonchev–Trinajstić information content (AvgIpc) is 1.59. The van der Waals surface area contributed by atoms with E-state index in [1.54, 1.807) is 0 Å². The Hall–Kier alpha value is -14.7. The first kappa shape index (κ1) is 77.6. The third-order valence-corrected chi connectivity index (χ3v) is 27.3. The molecule has 125 heavy (non-hydrogen) atoms. The number of benzene rings is 10. The van der Waals surface area contributed by atoms with Gasteiger partial charge in [0.2, 0.25) is 0 Å². The van der Waals surface area contributed by atoms with E-state index in [2.05, 4.69) is 396 Å². The predicted molar refractivity (Wildman–Crippen MR) is 515 cm³/mol. The Morgan fingerprint density at radius 2 is 0.552 bits per heavy atom. The van der Waals surface area contributed by atoms with Gasteiger partial charge in [0, 0.05) is 63.5 Å². The molecule has 0 spiro atoms. The molecule has 0 aliphatic rings. The summed E-state index contributed by atoms with van der Waals surface area (Å²) >= 11 is 0. The average molecular weight is 1630 g/mol. The molecule has 610 valence electrons. The lowest BCUT2D eigenvalue weighted by Crippen LogP contribution is -2.27. The molecule has 0 fully saturated rings. The van der Waals surface area contributed by atoms with Crippen LogP contribution >= 0.6 is 0 Å². The number of hydrogen-bond donors (Lipinski definition) is 0. The lowest BCUT2D eigenvalue weighted by atomic mass is 10.0. The lowest BCUT2D eigenvalue weighted by molar-refractivity contribution is -0.617. The van der Waals surface area contributed by atoms with Crippen LogP contribution in [0.15, 0.2) is 243 Å². The van der Waals surface area contributed by atoms with Crippen LogP contribution in [-0.4, -0.2) is 46.9 Å². The molecular weight excluding hydrogens is 1530 g/mol. The maximum atomic E-state index is 4.79. The zero-order valence-corrected chi connectivity index (χ0v) is 74.8. The number of para-hydroxylation sites is 7. The van der Waals surface area contributed by atoms with Gasteiger partial charge in [-0.05, 0) is 309 Å². The van der Waals surface area contributed by atoms with Gasteiger partial charge in [0.05, 0.1) is 89.8 Å². The third kappa shape index (κ3) is 11.4. The summed E-state index contributed by atoms with van der Waals surface area (Å²) in [5.74, 6) is 0. The van der Waals surface area contributed by atoms with Crippen LogP contribution in [0.1, 0.15) is 83.5 Å². The molecule has 15 heterocycles. The van der Waals surface area contributed by atoms with Gasteiger partial charge in [-0.25, -0.2) is 22.8 Å². The van der Waals surface area contributed by atoms with Crippen molar-refractivity contribution in [2.45, 2.75) is 104 Å². The topological polar surface area (TPSA) is 106 Å². The normalized spacial score (nSPS) is 12.0. The fraction of sp³-hybridized carbons (Fsp3) is 0.182. The molecule has 0 N–H and O–H groups in total. The second kappa shape index (κ2) is 29.0. The summed E-state index contributed by atoms with van der Waals surface area (Å²) in [6.45, 7) is 32.7. The first-order chi connectivity index (χ1) is 60.4. The van der Waals surface area contributed by atoms with Crippen LogP contribution in [-0.2, 0) is 35.2 Å². The van der Waals surface area contributed by atoms with Crippen LogP contribution in [0.3, 0.4) is 0 Å². The Bertz CT molecular complexity index is 9000. The maximum absolute atomic E-state index is 4.79. The van der Waals surface area contributed by atoms with Crippen LogP contribution in [0.25, 0.3) is 192 Å². The quantitative estimate of drug-likeness (QED) is 0.111. The predicted octanol–water partition coefficient (Wildman–Crippen LogP) is 22.7. The highest BCUT2D eigenvalue weighted by atomic mass is 15.2. The molecule has 25 aromatic rings. The molecule has 0 unspecified atom stereocenters.